The number of amides is 2. The second kappa shape index (κ2) is 13.1. The third kappa shape index (κ3) is 6.94. The first-order valence-electron chi connectivity index (χ1n) is 15.2. The van der Waals surface area contributed by atoms with Gasteiger partial charge in [0.25, 0.3) is 0 Å². The maximum absolute atomic E-state index is 13.7. The third-order valence-electron chi connectivity index (χ3n) is 8.58. The molecule has 13 nitrogen and oxygen atoms in total. The molecule has 2 aliphatic rings. The molecule has 1 aliphatic carbocycles. The molecule has 14 heteroatoms. The molecule has 0 bridgehead atoms. The van der Waals surface area contributed by atoms with Gasteiger partial charge in [-0.3, -0.25) is 9.58 Å². The van der Waals surface area contributed by atoms with Crippen LogP contribution in [0.25, 0.3) is 11.1 Å². The summed E-state index contributed by atoms with van der Waals surface area (Å²) in [4.78, 5) is 30.9. The Balaban J connectivity index is 1.14. The molecule has 1 saturated carbocycles. The lowest BCUT2D eigenvalue weighted by Crippen LogP contribution is -2.55. The molecule has 1 saturated heterocycles. The minimum Gasteiger partial charge on any atom is -0.353 e. The molecular formula is C32H36N10O3S. The molecule has 2 N–H and O–H groups in total. The van der Waals surface area contributed by atoms with Crippen molar-refractivity contribution in [3.05, 3.63) is 78.4 Å². The van der Waals surface area contributed by atoms with Gasteiger partial charge in [0, 0.05) is 68.5 Å². The van der Waals surface area contributed by atoms with Gasteiger partial charge in [-0.15, -0.1) is 0 Å². The van der Waals surface area contributed by atoms with Crippen LogP contribution in [0.3, 0.4) is 0 Å². The van der Waals surface area contributed by atoms with Crippen molar-refractivity contribution in [1.82, 2.24) is 30.0 Å². The van der Waals surface area contributed by atoms with Gasteiger partial charge in [0.15, 0.2) is 15.7 Å². The fourth-order valence-corrected chi connectivity index (χ4v) is 6.79. The summed E-state index contributed by atoms with van der Waals surface area (Å²) in [7, 11) is -1.29. The molecule has 4 aromatic rings. The van der Waals surface area contributed by atoms with Gasteiger partial charge < -0.3 is 15.5 Å². The van der Waals surface area contributed by atoms with E-state index in [0.717, 1.165) is 42.4 Å². The third-order valence-corrected chi connectivity index (χ3v) is 10.1. The van der Waals surface area contributed by atoms with Crippen molar-refractivity contribution in [3.63, 3.8) is 0 Å². The van der Waals surface area contributed by atoms with E-state index in [0.29, 0.717) is 42.8 Å². The van der Waals surface area contributed by atoms with Gasteiger partial charge in [-0.1, -0.05) is 30.3 Å². The maximum Gasteiger partial charge on any atom is 0.323 e. The molecule has 4 heterocycles. The van der Waals surface area contributed by atoms with Crippen molar-refractivity contribution in [2.24, 2.45) is 7.05 Å². The summed E-state index contributed by atoms with van der Waals surface area (Å²) in [6, 6.07) is 15.5. The lowest BCUT2D eigenvalue weighted by atomic mass is 9.90. The van der Waals surface area contributed by atoms with Crippen LogP contribution in [-0.4, -0.2) is 75.9 Å². The monoisotopic (exact) mass is 640 g/mol. The molecule has 0 radical (unpaired) electrons. The van der Waals surface area contributed by atoms with Crippen molar-refractivity contribution < 1.29 is 13.2 Å². The lowest BCUT2D eigenvalue weighted by Gasteiger charge is -2.39. The predicted octanol–water partition coefficient (Wildman–Crippen LogP) is 3.52. The number of nitriles is 1. The molecule has 0 unspecified atom stereocenters. The van der Waals surface area contributed by atoms with E-state index in [9.17, 15) is 18.5 Å². The number of hydrogen-bond donors (Lipinski definition) is 2. The fourth-order valence-electron chi connectivity index (χ4n) is 5.89. The van der Waals surface area contributed by atoms with Crippen LogP contribution in [0.15, 0.2) is 67.3 Å². The highest BCUT2D eigenvalue weighted by atomic mass is 32.2. The van der Waals surface area contributed by atoms with Crippen LogP contribution in [0.5, 0.6) is 0 Å². The first-order chi connectivity index (χ1) is 22.2. The molecule has 238 valence electrons. The molecule has 2 fully saturated rings. The number of benzene rings is 1. The molecule has 1 aromatic carbocycles. The lowest BCUT2D eigenvalue weighted by molar-refractivity contribution is 0.240. The van der Waals surface area contributed by atoms with Crippen LogP contribution in [0.4, 0.5) is 22.4 Å². The number of nitrogens with zero attached hydrogens (tertiary/aromatic N) is 8. The molecule has 0 atom stereocenters. The Bertz CT molecular complexity index is 1830. The first-order valence-corrected chi connectivity index (χ1v) is 17.2. The van der Waals surface area contributed by atoms with Crippen molar-refractivity contribution in [3.8, 4) is 17.2 Å². The summed E-state index contributed by atoms with van der Waals surface area (Å²) in [6.07, 6.45) is 11.2. The van der Waals surface area contributed by atoms with Gasteiger partial charge in [0.2, 0.25) is 5.95 Å². The largest absolute Gasteiger partial charge is 0.353 e. The summed E-state index contributed by atoms with van der Waals surface area (Å²) in [5, 5.41) is 19.8. The van der Waals surface area contributed by atoms with E-state index >= 15 is 0 Å². The normalized spacial score (nSPS) is 18.3. The molecule has 1 aliphatic heterocycles. The van der Waals surface area contributed by atoms with Crippen LogP contribution in [-0.2, 0) is 23.4 Å². The quantitative estimate of drug-likeness (QED) is 0.277. The molecule has 2 amide bonds. The Morgan fingerprint density at radius 1 is 1.02 bits per heavy atom. The zero-order chi connectivity index (χ0) is 32.3. The van der Waals surface area contributed by atoms with Gasteiger partial charge in [0.05, 0.1) is 17.6 Å². The van der Waals surface area contributed by atoms with Gasteiger partial charge in [0.1, 0.15) is 17.5 Å². The Labute approximate surface area is 268 Å². The highest BCUT2D eigenvalue weighted by Gasteiger charge is 2.37. The summed E-state index contributed by atoms with van der Waals surface area (Å²) in [5.41, 5.74) is 3.18. The van der Waals surface area contributed by atoms with Crippen LogP contribution in [0, 0.1) is 11.3 Å². The van der Waals surface area contributed by atoms with Crippen molar-refractivity contribution >= 4 is 33.5 Å². The van der Waals surface area contributed by atoms with Gasteiger partial charge in [-0.25, -0.2) is 23.2 Å². The molecular weight excluding hydrogens is 604 g/mol. The van der Waals surface area contributed by atoms with Gasteiger partial charge in [-0.05, 0) is 43.4 Å². The number of rotatable bonds is 9. The second-order valence-corrected chi connectivity index (χ2v) is 14.2. The van der Waals surface area contributed by atoms with E-state index in [1.165, 1.54) is 12.5 Å². The van der Waals surface area contributed by atoms with Crippen molar-refractivity contribution in [2.75, 3.05) is 34.5 Å². The topological polar surface area (TPSA) is 162 Å². The van der Waals surface area contributed by atoms with Crippen LogP contribution in [0.2, 0.25) is 0 Å². The second-order valence-electron chi connectivity index (χ2n) is 11.9. The number of aromatic nitrogens is 5. The summed E-state index contributed by atoms with van der Waals surface area (Å²) in [5.74, 6) is 1.41. The first kappa shape index (κ1) is 31.0. The number of aryl methyl sites for hydroxylation is 1. The van der Waals surface area contributed by atoms with E-state index < -0.39 is 15.1 Å². The number of carbonyl (C=O) groups is 1. The number of carbonyl (C=O) groups excluding carboxylic acids is 1. The van der Waals surface area contributed by atoms with Gasteiger partial charge in [-0.2, -0.15) is 15.3 Å². The number of urea groups is 1. The summed E-state index contributed by atoms with van der Waals surface area (Å²) < 4.78 is 25.5. The fraction of sp³-hybridized carbons (Fsp3) is 0.375. The Morgan fingerprint density at radius 3 is 2.41 bits per heavy atom. The van der Waals surface area contributed by atoms with E-state index in [2.05, 4.69) is 31.8 Å². The maximum atomic E-state index is 13.7. The predicted molar refractivity (Wildman–Crippen MR) is 175 cm³/mol. The highest BCUT2D eigenvalue weighted by Crippen LogP contribution is 2.31. The number of anilines is 3. The molecule has 46 heavy (non-hydrogen) atoms. The molecule has 0 spiro atoms. The summed E-state index contributed by atoms with van der Waals surface area (Å²) >= 11 is 0. The minimum atomic E-state index is -3.15. The zero-order valence-corrected chi connectivity index (χ0v) is 26.6. The Kier molecular flexibility index (Phi) is 8.85. The average molecular weight is 641 g/mol. The standard InChI is InChI=1S/C32H36N10O3S/c1-40-19-25(18-37-40)23-8-13-29(34-16-23)42(32(43)36-15-22-6-4-3-5-7-22)27-11-9-26(10-12-27)38-31-35-17-24(14-33)30(39-31)41-20-28(21-41)46(2,44)45/h3-8,13,16-19,26-28H,9-12,15,20-21H2,1-2H3,(H,36,43)(H,35,38,39)/t26-,27-. The van der Waals surface area contributed by atoms with Crippen LogP contribution >= 0.6 is 0 Å². The van der Waals surface area contributed by atoms with E-state index in [4.69, 9.17) is 4.98 Å². The number of sulfone groups is 1. The zero-order valence-electron chi connectivity index (χ0n) is 25.7. The van der Waals surface area contributed by atoms with Gasteiger partial charge >= 0.3 is 6.03 Å². The SMILES string of the molecule is Cn1cc(-c2ccc(N(C(=O)NCc3ccccc3)[C@H]3CC[C@H](Nc4ncc(C#N)c(N5CC(S(C)(=O)=O)C5)n4)CC3)nc2)cn1. The van der Waals surface area contributed by atoms with Crippen molar-refractivity contribution in [2.45, 2.75) is 49.6 Å². The Hall–Kier alpha value is -5.03. The number of nitrogens with one attached hydrogen (secondary N) is 2. The number of pyridine rings is 1. The highest BCUT2D eigenvalue weighted by molar-refractivity contribution is 7.91. The number of hydrogen-bond acceptors (Lipinski definition) is 10. The van der Waals surface area contributed by atoms with Crippen LogP contribution < -0.4 is 20.4 Å². The smallest absolute Gasteiger partial charge is 0.323 e. The van der Waals surface area contributed by atoms with Crippen molar-refractivity contribution in [1.29, 1.82) is 5.26 Å². The Morgan fingerprint density at radius 2 is 1.78 bits per heavy atom. The minimum absolute atomic E-state index is 0.0624. The molecule has 3 aromatic heterocycles. The van der Waals surface area contributed by atoms with E-state index in [1.54, 1.807) is 26.9 Å². The van der Waals surface area contributed by atoms with E-state index in [-0.39, 0.29) is 18.1 Å². The van der Waals surface area contributed by atoms with E-state index in [1.807, 2.05) is 55.7 Å². The molecule has 6 rings (SSSR count). The average Bonchev–Trinajstić information content (AvgIpc) is 3.47. The van der Waals surface area contributed by atoms with Crippen LogP contribution in [0.1, 0.15) is 36.8 Å². The summed E-state index contributed by atoms with van der Waals surface area (Å²) in [6.45, 7) is 1.00.